The summed E-state index contributed by atoms with van der Waals surface area (Å²) in [6.07, 6.45) is -0.630. The molecule has 2 N–H and O–H groups in total. The molecular weight excluding hydrogens is 512 g/mol. The van der Waals surface area contributed by atoms with Gasteiger partial charge in [0.15, 0.2) is 6.10 Å². The van der Waals surface area contributed by atoms with Gasteiger partial charge in [0.05, 0.1) is 5.02 Å². The van der Waals surface area contributed by atoms with Crippen LogP contribution in [-0.2, 0) is 17.9 Å². The molecule has 4 rings (SSSR count). The first-order chi connectivity index (χ1) is 18.6. The maximum atomic E-state index is 13.0. The summed E-state index contributed by atoms with van der Waals surface area (Å²) in [7, 11) is 0. The number of nitrogens with one attached hydrogen (secondary N) is 1. The quantitative estimate of drug-likeness (QED) is 0.219. The Morgan fingerprint density at radius 3 is 2.49 bits per heavy atom. The molecule has 204 valence electrons. The van der Waals surface area contributed by atoms with Crippen molar-refractivity contribution >= 4 is 34.4 Å². The zero-order valence-electron chi connectivity index (χ0n) is 23.0. The topological polar surface area (TPSA) is 80.6 Å². The van der Waals surface area contributed by atoms with Gasteiger partial charge in [-0.1, -0.05) is 62.7 Å². The van der Waals surface area contributed by atoms with Crippen LogP contribution in [0.5, 0.6) is 5.75 Å². The van der Waals surface area contributed by atoms with Crippen LogP contribution in [-0.4, -0.2) is 27.7 Å². The van der Waals surface area contributed by atoms with Crippen LogP contribution in [0.15, 0.2) is 60.7 Å². The molecule has 0 fully saturated rings. The molecule has 0 saturated heterocycles. The second-order valence-corrected chi connectivity index (χ2v) is 10.6. The summed E-state index contributed by atoms with van der Waals surface area (Å²) in [4.78, 5) is 24.5. The summed E-state index contributed by atoms with van der Waals surface area (Å²) < 4.78 is 7.87. The Kier molecular flexibility index (Phi) is 8.66. The number of rotatable bonds is 10. The molecule has 3 aromatic carbocycles. The Morgan fingerprint density at radius 2 is 1.79 bits per heavy atom. The van der Waals surface area contributed by atoms with Crippen LogP contribution in [0.4, 0.5) is 0 Å². The van der Waals surface area contributed by atoms with Gasteiger partial charge in [-0.2, -0.15) is 0 Å². The number of aryl methyl sites for hydroxylation is 1. The minimum Gasteiger partial charge on any atom is -0.479 e. The van der Waals surface area contributed by atoms with E-state index in [0.29, 0.717) is 41.8 Å². The minimum absolute atomic E-state index is 0.111. The van der Waals surface area contributed by atoms with Gasteiger partial charge in [0, 0.05) is 35.2 Å². The summed E-state index contributed by atoms with van der Waals surface area (Å²) >= 11 is 6.31. The number of benzene rings is 3. The number of aliphatic carboxylic acids is 1. The first-order valence-corrected chi connectivity index (χ1v) is 13.6. The number of carboxylic acids is 1. The lowest BCUT2D eigenvalue weighted by molar-refractivity contribution is -0.145. The van der Waals surface area contributed by atoms with E-state index < -0.39 is 12.1 Å². The highest BCUT2D eigenvalue weighted by Crippen LogP contribution is 2.31. The van der Waals surface area contributed by atoms with Crippen molar-refractivity contribution in [1.29, 1.82) is 0 Å². The Labute approximate surface area is 234 Å². The Hall–Kier alpha value is -3.77. The molecular formula is C32H35ClN2O4. The van der Waals surface area contributed by atoms with E-state index in [1.807, 2.05) is 36.4 Å². The maximum absolute atomic E-state index is 13.0. The molecule has 1 unspecified atom stereocenters. The molecule has 6 nitrogen and oxygen atoms in total. The number of nitrogens with zero attached hydrogens (tertiary/aromatic N) is 1. The predicted octanol–water partition coefficient (Wildman–Crippen LogP) is 7.26. The van der Waals surface area contributed by atoms with Crippen LogP contribution in [0.3, 0.4) is 0 Å². The van der Waals surface area contributed by atoms with Crippen molar-refractivity contribution in [2.45, 2.75) is 66.2 Å². The number of hydrogen-bond acceptors (Lipinski definition) is 3. The lowest BCUT2D eigenvalue weighted by Crippen LogP contribution is -2.26. The molecule has 7 heteroatoms. The van der Waals surface area contributed by atoms with Crippen LogP contribution in [0, 0.1) is 13.8 Å². The molecule has 1 amide bonds. The zero-order valence-corrected chi connectivity index (χ0v) is 23.8. The summed E-state index contributed by atoms with van der Waals surface area (Å²) in [5.41, 5.74) is 7.08. The molecule has 0 saturated carbocycles. The Bertz CT molecular complexity index is 1520. The van der Waals surface area contributed by atoms with Gasteiger partial charge in [0.25, 0.3) is 5.91 Å². The van der Waals surface area contributed by atoms with Gasteiger partial charge in [0.1, 0.15) is 5.75 Å². The van der Waals surface area contributed by atoms with Crippen molar-refractivity contribution in [3.63, 3.8) is 0 Å². The average Bonchev–Trinajstić information content (AvgIpc) is 3.16. The molecule has 0 aliphatic rings. The highest BCUT2D eigenvalue weighted by molar-refractivity contribution is 6.32. The van der Waals surface area contributed by atoms with E-state index >= 15 is 0 Å². The molecule has 0 bridgehead atoms. The highest BCUT2D eigenvalue weighted by atomic mass is 35.5. The average molecular weight is 547 g/mol. The summed E-state index contributed by atoms with van der Waals surface area (Å²) in [5, 5.41) is 13.8. The van der Waals surface area contributed by atoms with Crippen molar-refractivity contribution in [2.24, 2.45) is 0 Å². The standard InChI is InChI=1S/C32H35ClN2O4/c1-6-29(32(37)38)39-30-15-23(10-12-27(30)33)18-35-21(5)20(4)26-16-25(11-13-28(26)35)31(36)34-17-22-8-7-9-24(14-22)19(2)3/h7-16,19,29H,6,17-18H2,1-5H3,(H,34,36)(H,37,38). The van der Waals surface area contributed by atoms with Crippen LogP contribution in [0.25, 0.3) is 10.9 Å². The van der Waals surface area contributed by atoms with Gasteiger partial charge in [-0.25, -0.2) is 4.79 Å². The van der Waals surface area contributed by atoms with Crippen molar-refractivity contribution in [3.8, 4) is 5.75 Å². The maximum Gasteiger partial charge on any atom is 0.344 e. The molecule has 4 aromatic rings. The third-order valence-electron chi connectivity index (χ3n) is 7.22. The third kappa shape index (κ3) is 6.28. The molecule has 39 heavy (non-hydrogen) atoms. The number of hydrogen-bond donors (Lipinski definition) is 2. The van der Waals surface area contributed by atoms with E-state index in [1.165, 1.54) is 5.56 Å². The molecule has 0 aliphatic carbocycles. The molecule has 1 aromatic heterocycles. The number of halogens is 1. The fourth-order valence-corrected chi connectivity index (χ4v) is 4.88. The summed E-state index contributed by atoms with van der Waals surface area (Å²) in [5.74, 6) is -0.346. The number of fused-ring (bicyclic) bond motifs is 1. The first kappa shape index (κ1) is 28.2. The molecule has 0 spiro atoms. The van der Waals surface area contributed by atoms with Crippen molar-refractivity contribution < 1.29 is 19.4 Å². The van der Waals surface area contributed by atoms with Gasteiger partial charge in [0.2, 0.25) is 0 Å². The van der Waals surface area contributed by atoms with E-state index in [-0.39, 0.29) is 5.91 Å². The second-order valence-electron chi connectivity index (χ2n) is 10.2. The van der Waals surface area contributed by atoms with Crippen LogP contribution < -0.4 is 10.1 Å². The van der Waals surface area contributed by atoms with Gasteiger partial charge in [-0.3, -0.25) is 4.79 Å². The zero-order chi connectivity index (χ0) is 28.3. The minimum atomic E-state index is -1.02. The fourth-order valence-electron chi connectivity index (χ4n) is 4.72. The number of amides is 1. The summed E-state index contributed by atoms with van der Waals surface area (Å²) in [6, 6.07) is 19.5. The van der Waals surface area contributed by atoms with Crippen molar-refractivity contribution in [1.82, 2.24) is 9.88 Å². The number of carboxylic acid groups (broad SMARTS) is 1. The van der Waals surface area contributed by atoms with Gasteiger partial charge in [-0.15, -0.1) is 0 Å². The monoisotopic (exact) mass is 546 g/mol. The van der Waals surface area contributed by atoms with E-state index in [4.69, 9.17) is 16.3 Å². The molecule has 0 radical (unpaired) electrons. The highest BCUT2D eigenvalue weighted by Gasteiger charge is 2.19. The fraction of sp³-hybridized carbons (Fsp3) is 0.312. The Morgan fingerprint density at radius 1 is 1.03 bits per heavy atom. The predicted molar refractivity (Wildman–Crippen MR) is 156 cm³/mol. The summed E-state index contributed by atoms with van der Waals surface area (Å²) in [6.45, 7) is 11.2. The normalized spacial score (nSPS) is 12.1. The number of carbonyl (C=O) groups is 2. The van der Waals surface area contributed by atoms with Crippen molar-refractivity contribution in [3.05, 3.63) is 99.2 Å². The van der Waals surface area contributed by atoms with Crippen LogP contribution in [0.1, 0.15) is 71.4 Å². The number of carbonyl (C=O) groups excluding carboxylic acids is 1. The smallest absolute Gasteiger partial charge is 0.344 e. The van der Waals surface area contributed by atoms with E-state index in [0.717, 1.165) is 33.3 Å². The number of aromatic nitrogens is 1. The largest absolute Gasteiger partial charge is 0.479 e. The van der Waals surface area contributed by atoms with E-state index in [2.05, 4.69) is 49.7 Å². The molecule has 1 atom stereocenters. The van der Waals surface area contributed by atoms with Crippen molar-refractivity contribution in [2.75, 3.05) is 0 Å². The van der Waals surface area contributed by atoms with E-state index in [1.54, 1.807) is 19.1 Å². The molecule has 1 heterocycles. The van der Waals surface area contributed by atoms with Gasteiger partial charge < -0.3 is 19.7 Å². The third-order valence-corrected chi connectivity index (χ3v) is 7.54. The second kappa shape index (κ2) is 12.0. The van der Waals surface area contributed by atoms with Gasteiger partial charge in [-0.05, 0) is 78.8 Å². The van der Waals surface area contributed by atoms with E-state index in [9.17, 15) is 14.7 Å². The Balaban J connectivity index is 1.55. The first-order valence-electron chi connectivity index (χ1n) is 13.2. The lowest BCUT2D eigenvalue weighted by Gasteiger charge is -2.16. The van der Waals surface area contributed by atoms with Crippen LogP contribution in [0.2, 0.25) is 5.02 Å². The SMILES string of the molecule is CCC(Oc1cc(Cn2c(C)c(C)c3cc(C(=O)NCc4cccc(C(C)C)c4)ccc32)ccc1Cl)C(=O)O. The lowest BCUT2D eigenvalue weighted by atomic mass is 10.0. The number of ether oxygens (including phenoxy) is 1. The molecule has 0 aliphatic heterocycles. The van der Waals surface area contributed by atoms with Crippen LogP contribution >= 0.6 is 11.6 Å². The van der Waals surface area contributed by atoms with Gasteiger partial charge >= 0.3 is 5.97 Å².